The molecule has 0 aliphatic carbocycles. The van der Waals surface area contributed by atoms with Crippen molar-refractivity contribution < 1.29 is 9.53 Å². The standard InChI is InChI=1S/C21H25N3O2S/c1-2-26-20(25)17-7-9-19(10-8-17)23-21(27)22-12-14-24-13-11-16-5-3-4-6-18(16)15-24/h3-10H,2,11-15H2,1H3,(H2,22,23,27). The first kappa shape index (κ1) is 19.3. The van der Waals surface area contributed by atoms with E-state index in [4.69, 9.17) is 17.0 Å². The average Bonchev–Trinajstić information content (AvgIpc) is 2.68. The maximum atomic E-state index is 11.7. The van der Waals surface area contributed by atoms with E-state index in [1.807, 2.05) is 12.1 Å². The fraction of sp³-hybridized carbons (Fsp3) is 0.333. The molecule has 1 aliphatic rings. The van der Waals surface area contributed by atoms with Crippen molar-refractivity contribution in [1.82, 2.24) is 10.2 Å². The number of nitrogens with zero attached hydrogens (tertiary/aromatic N) is 1. The Hall–Kier alpha value is -2.44. The molecule has 0 aromatic heterocycles. The molecule has 5 nitrogen and oxygen atoms in total. The van der Waals surface area contributed by atoms with E-state index in [0.29, 0.717) is 17.3 Å². The van der Waals surface area contributed by atoms with Gasteiger partial charge in [0.2, 0.25) is 0 Å². The largest absolute Gasteiger partial charge is 0.462 e. The van der Waals surface area contributed by atoms with Gasteiger partial charge in [-0.1, -0.05) is 24.3 Å². The first-order valence-corrected chi connectivity index (χ1v) is 9.67. The lowest BCUT2D eigenvalue weighted by Crippen LogP contribution is -2.39. The molecule has 0 radical (unpaired) electrons. The van der Waals surface area contributed by atoms with Crippen LogP contribution in [0, 0.1) is 0 Å². The number of carbonyl (C=O) groups excluding carboxylic acids is 1. The first-order chi connectivity index (χ1) is 13.2. The number of benzene rings is 2. The van der Waals surface area contributed by atoms with Crippen molar-refractivity contribution in [2.75, 3.05) is 31.6 Å². The van der Waals surface area contributed by atoms with Crippen LogP contribution in [0.4, 0.5) is 5.69 Å². The molecule has 0 saturated carbocycles. The Morgan fingerprint density at radius 1 is 1.15 bits per heavy atom. The molecule has 142 valence electrons. The highest BCUT2D eigenvalue weighted by Crippen LogP contribution is 2.17. The average molecular weight is 384 g/mol. The van der Waals surface area contributed by atoms with Crippen LogP contribution < -0.4 is 10.6 Å². The third kappa shape index (κ3) is 5.52. The van der Waals surface area contributed by atoms with E-state index in [0.717, 1.165) is 38.3 Å². The summed E-state index contributed by atoms with van der Waals surface area (Å²) in [5, 5.41) is 6.97. The zero-order valence-corrected chi connectivity index (χ0v) is 16.3. The van der Waals surface area contributed by atoms with Gasteiger partial charge in [-0.05, 0) is 61.0 Å². The number of anilines is 1. The Labute approximate surface area is 165 Å². The van der Waals surface area contributed by atoms with Crippen LogP contribution >= 0.6 is 12.2 Å². The molecule has 0 bridgehead atoms. The maximum Gasteiger partial charge on any atom is 0.338 e. The molecule has 0 spiro atoms. The van der Waals surface area contributed by atoms with E-state index < -0.39 is 0 Å². The molecule has 0 fully saturated rings. The van der Waals surface area contributed by atoms with Crippen LogP contribution in [0.3, 0.4) is 0 Å². The van der Waals surface area contributed by atoms with Gasteiger partial charge in [-0.15, -0.1) is 0 Å². The molecule has 0 unspecified atom stereocenters. The molecule has 0 amide bonds. The highest BCUT2D eigenvalue weighted by Gasteiger charge is 2.15. The normalized spacial score (nSPS) is 13.5. The van der Waals surface area contributed by atoms with Gasteiger partial charge in [0.15, 0.2) is 5.11 Å². The fourth-order valence-corrected chi connectivity index (χ4v) is 3.37. The van der Waals surface area contributed by atoms with E-state index in [-0.39, 0.29) is 5.97 Å². The number of rotatable bonds is 6. The van der Waals surface area contributed by atoms with Crippen LogP contribution in [0.2, 0.25) is 0 Å². The monoisotopic (exact) mass is 383 g/mol. The number of hydrogen-bond donors (Lipinski definition) is 2. The highest BCUT2D eigenvalue weighted by molar-refractivity contribution is 7.80. The number of fused-ring (bicyclic) bond motifs is 1. The van der Waals surface area contributed by atoms with Gasteiger partial charge in [0.1, 0.15) is 0 Å². The Morgan fingerprint density at radius 2 is 1.89 bits per heavy atom. The molecule has 3 rings (SSSR count). The van der Waals surface area contributed by atoms with Crippen molar-refractivity contribution in [2.24, 2.45) is 0 Å². The van der Waals surface area contributed by atoms with Crippen molar-refractivity contribution in [3.8, 4) is 0 Å². The second-order valence-electron chi connectivity index (χ2n) is 6.47. The Balaban J connectivity index is 1.40. The SMILES string of the molecule is CCOC(=O)c1ccc(NC(=S)NCCN2CCc3ccccc3C2)cc1. The smallest absolute Gasteiger partial charge is 0.338 e. The first-order valence-electron chi connectivity index (χ1n) is 9.27. The molecule has 0 atom stereocenters. The van der Waals surface area contributed by atoms with E-state index in [2.05, 4.69) is 39.8 Å². The third-order valence-corrected chi connectivity index (χ3v) is 4.82. The molecule has 2 aromatic carbocycles. The number of carbonyl (C=O) groups is 1. The lowest BCUT2D eigenvalue weighted by molar-refractivity contribution is 0.0526. The molecule has 2 N–H and O–H groups in total. The minimum absolute atomic E-state index is 0.312. The van der Waals surface area contributed by atoms with E-state index >= 15 is 0 Å². The van der Waals surface area contributed by atoms with Gasteiger partial charge in [0, 0.05) is 31.9 Å². The minimum Gasteiger partial charge on any atom is -0.462 e. The maximum absolute atomic E-state index is 11.7. The number of ether oxygens (including phenoxy) is 1. The predicted octanol–water partition coefficient (Wildman–Crippen LogP) is 3.21. The van der Waals surface area contributed by atoms with Crippen molar-refractivity contribution in [2.45, 2.75) is 19.9 Å². The van der Waals surface area contributed by atoms with Crippen molar-refractivity contribution in [3.63, 3.8) is 0 Å². The van der Waals surface area contributed by atoms with Gasteiger partial charge < -0.3 is 15.4 Å². The number of thiocarbonyl (C=S) groups is 1. The number of nitrogens with one attached hydrogen (secondary N) is 2. The quantitative estimate of drug-likeness (QED) is 0.590. The summed E-state index contributed by atoms with van der Waals surface area (Å²) in [6.45, 7) is 5.96. The Morgan fingerprint density at radius 3 is 2.63 bits per heavy atom. The Kier molecular flexibility index (Phi) is 6.79. The summed E-state index contributed by atoms with van der Waals surface area (Å²) >= 11 is 5.36. The molecule has 1 aliphatic heterocycles. The van der Waals surface area contributed by atoms with Gasteiger partial charge in [0.05, 0.1) is 12.2 Å². The molecular weight excluding hydrogens is 358 g/mol. The summed E-state index contributed by atoms with van der Waals surface area (Å²) in [5.41, 5.74) is 4.26. The fourth-order valence-electron chi connectivity index (χ4n) is 3.15. The molecule has 6 heteroatoms. The summed E-state index contributed by atoms with van der Waals surface area (Å²) in [6, 6.07) is 15.7. The van der Waals surface area contributed by atoms with Gasteiger partial charge in [-0.25, -0.2) is 4.79 Å². The summed E-state index contributed by atoms with van der Waals surface area (Å²) in [5.74, 6) is -0.312. The van der Waals surface area contributed by atoms with E-state index in [1.54, 1.807) is 19.1 Å². The second kappa shape index (κ2) is 9.48. The summed E-state index contributed by atoms with van der Waals surface area (Å²) in [4.78, 5) is 14.1. The zero-order valence-electron chi connectivity index (χ0n) is 15.5. The predicted molar refractivity (Wildman–Crippen MR) is 112 cm³/mol. The number of hydrogen-bond acceptors (Lipinski definition) is 4. The van der Waals surface area contributed by atoms with E-state index in [9.17, 15) is 4.79 Å². The van der Waals surface area contributed by atoms with Crippen LogP contribution in [0.25, 0.3) is 0 Å². The summed E-state index contributed by atoms with van der Waals surface area (Å²) in [6.07, 6.45) is 1.10. The minimum atomic E-state index is -0.312. The Bertz CT molecular complexity index is 792. The molecule has 27 heavy (non-hydrogen) atoms. The molecule has 1 heterocycles. The van der Waals surface area contributed by atoms with E-state index in [1.165, 1.54) is 11.1 Å². The van der Waals surface area contributed by atoms with Crippen LogP contribution in [-0.4, -0.2) is 42.2 Å². The van der Waals surface area contributed by atoms with Crippen molar-refractivity contribution in [3.05, 3.63) is 65.2 Å². The van der Waals surface area contributed by atoms with Crippen LogP contribution in [0.15, 0.2) is 48.5 Å². The molecule has 0 saturated heterocycles. The summed E-state index contributed by atoms with van der Waals surface area (Å²) < 4.78 is 4.98. The lowest BCUT2D eigenvalue weighted by Gasteiger charge is -2.28. The van der Waals surface area contributed by atoms with Gasteiger partial charge in [-0.3, -0.25) is 4.90 Å². The van der Waals surface area contributed by atoms with Gasteiger partial charge >= 0.3 is 5.97 Å². The topological polar surface area (TPSA) is 53.6 Å². The van der Waals surface area contributed by atoms with Crippen LogP contribution in [0.5, 0.6) is 0 Å². The van der Waals surface area contributed by atoms with Gasteiger partial charge in [0.25, 0.3) is 0 Å². The number of esters is 1. The second-order valence-corrected chi connectivity index (χ2v) is 6.88. The van der Waals surface area contributed by atoms with Crippen LogP contribution in [-0.2, 0) is 17.7 Å². The highest BCUT2D eigenvalue weighted by atomic mass is 32.1. The lowest BCUT2D eigenvalue weighted by atomic mass is 10.00. The van der Waals surface area contributed by atoms with Crippen LogP contribution in [0.1, 0.15) is 28.4 Å². The summed E-state index contributed by atoms with van der Waals surface area (Å²) in [7, 11) is 0. The van der Waals surface area contributed by atoms with Crippen molar-refractivity contribution in [1.29, 1.82) is 0 Å². The van der Waals surface area contributed by atoms with Crippen molar-refractivity contribution >= 4 is 29.0 Å². The zero-order chi connectivity index (χ0) is 19.1. The van der Waals surface area contributed by atoms with Gasteiger partial charge in [-0.2, -0.15) is 0 Å². The third-order valence-electron chi connectivity index (χ3n) is 4.58. The molecular formula is C21H25N3O2S. The molecule has 2 aromatic rings.